The second-order valence-corrected chi connectivity index (χ2v) is 5.75. The summed E-state index contributed by atoms with van der Waals surface area (Å²) in [7, 11) is 0. The first-order chi connectivity index (χ1) is 9.69. The molecule has 0 saturated carbocycles. The van der Waals surface area contributed by atoms with Crippen LogP contribution in [-0.4, -0.2) is 47.1 Å². The molecule has 0 unspecified atom stereocenters. The molecule has 0 aromatic carbocycles. The zero-order valence-electron chi connectivity index (χ0n) is 11.4. The first-order valence-electron chi connectivity index (χ1n) is 7.10. The maximum absolute atomic E-state index is 12.5. The topological polar surface area (TPSA) is 75.3 Å². The van der Waals surface area contributed by atoms with Crippen LogP contribution in [0.25, 0.3) is 0 Å². The van der Waals surface area contributed by atoms with E-state index in [-0.39, 0.29) is 22.6 Å². The van der Waals surface area contributed by atoms with Gasteiger partial charge in [0.15, 0.2) is 0 Å². The molecule has 0 aliphatic carbocycles. The van der Waals surface area contributed by atoms with E-state index >= 15 is 0 Å². The van der Waals surface area contributed by atoms with Gasteiger partial charge in [0, 0.05) is 26.3 Å². The number of rotatable bonds is 1. The molecule has 6 heteroatoms. The Labute approximate surface area is 117 Å². The predicted octanol–water partition coefficient (Wildman–Crippen LogP) is 0.803. The summed E-state index contributed by atoms with van der Waals surface area (Å²) < 4.78 is 5.43. The smallest absolute Gasteiger partial charge is 0.271 e. The molecule has 20 heavy (non-hydrogen) atoms. The van der Waals surface area contributed by atoms with E-state index < -0.39 is 0 Å². The average Bonchev–Trinajstić information content (AvgIpc) is 2.47. The van der Waals surface area contributed by atoms with E-state index in [9.17, 15) is 9.59 Å². The van der Waals surface area contributed by atoms with Crippen molar-refractivity contribution in [3.8, 4) is 0 Å². The van der Waals surface area contributed by atoms with Gasteiger partial charge in [0.2, 0.25) is 0 Å². The summed E-state index contributed by atoms with van der Waals surface area (Å²) in [5, 5.41) is 0. The molecular formula is C14H19N3O3. The predicted molar refractivity (Wildman–Crippen MR) is 72.5 cm³/mol. The molecule has 3 rings (SSSR count). The monoisotopic (exact) mass is 277 g/mol. The summed E-state index contributed by atoms with van der Waals surface area (Å²) in [6, 6.07) is 0. The summed E-state index contributed by atoms with van der Waals surface area (Å²) in [6.45, 7) is 3.07. The Kier molecular flexibility index (Phi) is 3.56. The number of aromatic amines is 1. The fourth-order valence-electron chi connectivity index (χ4n) is 3.25. The van der Waals surface area contributed by atoms with Crippen LogP contribution in [0.3, 0.4) is 0 Å². The van der Waals surface area contributed by atoms with Crippen LogP contribution in [0.4, 0.5) is 0 Å². The zero-order valence-corrected chi connectivity index (χ0v) is 11.4. The molecule has 6 nitrogen and oxygen atoms in total. The van der Waals surface area contributed by atoms with Gasteiger partial charge in [-0.25, -0.2) is 0 Å². The standard InChI is InChI=1S/C14H19N3O3/c18-12-9-15-8-11(16-12)13(19)17-5-1-2-14(10-17)3-6-20-7-4-14/h8-9H,1-7,10H2,(H,16,18). The van der Waals surface area contributed by atoms with Crippen LogP contribution in [0.5, 0.6) is 0 Å². The first kappa shape index (κ1) is 13.3. The van der Waals surface area contributed by atoms with E-state index in [0.29, 0.717) is 0 Å². The fourth-order valence-corrected chi connectivity index (χ4v) is 3.25. The number of hydrogen-bond donors (Lipinski definition) is 1. The normalized spacial score (nSPS) is 21.9. The molecule has 2 aliphatic rings. The second kappa shape index (κ2) is 5.36. The lowest BCUT2D eigenvalue weighted by molar-refractivity contribution is -0.0231. The number of piperidine rings is 1. The van der Waals surface area contributed by atoms with Crippen molar-refractivity contribution in [3.63, 3.8) is 0 Å². The van der Waals surface area contributed by atoms with Crippen LogP contribution in [0.2, 0.25) is 0 Å². The number of nitrogens with zero attached hydrogens (tertiary/aromatic N) is 2. The third-order valence-electron chi connectivity index (χ3n) is 4.39. The van der Waals surface area contributed by atoms with Crippen LogP contribution < -0.4 is 5.56 Å². The van der Waals surface area contributed by atoms with Gasteiger partial charge in [-0.2, -0.15) is 0 Å². The lowest BCUT2D eigenvalue weighted by Crippen LogP contribution is -2.48. The minimum atomic E-state index is -0.339. The third-order valence-corrected chi connectivity index (χ3v) is 4.39. The van der Waals surface area contributed by atoms with Crippen LogP contribution in [0.1, 0.15) is 36.2 Å². The minimum absolute atomic E-state index is 0.124. The van der Waals surface area contributed by atoms with Crippen molar-refractivity contribution in [3.05, 3.63) is 28.4 Å². The molecule has 0 radical (unpaired) electrons. The molecule has 1 N–H and O–H groups in total. The Balaban J connectivity index is 1.76. The lowest BCUT2D eigenvalue weighted by atomic mass is 9.74. The Bertz CT molecular complexity index is 543. The summed E-state index contributed by atoms with van der Waals surface area (Å²) >= 11 is 0. The number of likely N-dealkylation sites (tertiary alicyclic amines) is 1. The maximum Gasteiger partial charge on any atom is 0.271 e. The van der Waals surface area contributed by atoms with Gasteiger partial charge in [0.25, 0.3) is 11.5 Å². The van der Waals surface area contributed by atoms with Crippen molar-refractivity contribution >= 4 is 5.91 Å². The molecular weight excluding hydrogens is 258 g/mol. The minimum Gasteiger partial charge on any atom is -0.381 e. The quantitative estimate of drug-likeness (QED) is 0.824. The number of carbonyl (C=O) groups excluding carboxylic acids is 1. The number of aromatic nitrogens is 2. The van der Waals surface area contributed by atoms with Gasteiger partial charge in [-0.3, -0.25) is 14.6 Å². The molecule has 2 aliphatic heterocycles. The Morgan fingerprint density at radius 3 is 2.85 bits per heavy atom. The first-order valence-corrected chi connectivity index (χ1v) is 7.10. The zero-order chi connectivity index (χ0) is 14.0. The molecule has 0 atom stereocenters. The molecule has 2 fully saturated rings. The third kappa shape index (κ3) is 2.60. The van der Waals surface area contributed by atoms with Gasteiger partial charge in [-0.1, -0.05) is 0 Å². The fraction of sp³-hybridized carbons (Fsp3) is 0.643. The van der Waals surface area contributed by atoms with Crippen molar-refractivity contribution < 1.29 is 9.53 Å². The number of nitrogens with one attached hydrogen (secondary N) is 1. The molecule has 0 bridgehead atoms. The number of amides is 1. The van der Waals surface area contributed by atoms with E-state index in [1.54, 1.807) is 0 Å². The molecule has 1 aromatic rings. The highest BCUT2D eigenvalue weighted by atomic mass is 16.5. The van der Waals surface area contributed by atoms with Gasteiger partial charge in [0.1, 0.15) is 5.69 Å². The van der Waals surface area contributed by atoms with Gasteiger partial charge in [-0.05, 0) is 31.1 Å². The van der Waals surface area contributed by atoms with Gasteiger partial charge in [0.05, 0.1) is 12.4 Å². The number of carbonyl (C=O) groups is 1. The van der Waals surface area contributed by atoms with E-state index in [1.807, 2.05) is 4.90 Å². The molecule has 1 amide bonds. The maximum atomic E-state index is 12.5. The molecule has 1 aromatic heterocycles. The highest BCUT2D eigenvalue weighted by Gasteiger charge is 2.38. The summed E-state index contributed by atoms with van der Waals surface area (Å²) in [5.74, 6) is -0.124. The molecule has 3 heterocycles. The van der Waals surface area contributed by atoms with Gasteiger partial charge in [-0.15, -0.1) is 0 Å². The van der Waals surface area contributed by atoms with Crippen molar-refractivity contribution in [2.75, 3.05) is 26.3 Å². The highest BCUT2D eigenvalue weighted by molar-refractivity contribution is 5.92. The number of hydrogen-bond acceptors (Lipinski definition) is 4. The Hall–Kier alpha value is -1.69. The van der Waals surface area contributed by atoms with E-state index in [4.69, 9.17) is 4.74 Å². The second-order valence-electron chi connectivity index (χ2n) is 5.75. The van der Waals surface area contributed by atoms with Crippen LogP contribution in [0.15, 0.2) is 17.2 Å². The SMILES string of the molecule is O=C(c1cncc(=O)[nH]1)N1CCCC2(CCOCC2)C1. The van der Waals surface area contributed by atoms with E-state index in [0.717, 1.165) is 52.0 Å². The highest BCUT2D eigenvalue weighted by Crippen LogP contribution is 2.39. The number of ether oxygens (including phenoxy) is 1. The van der Waals surface area contributed by atoms with Crippen molar-refractivity contribution in [2.24, 2.45) is 5.41 Å². The van der Waals surface area contributed by atoms with Crippen molar-refractivity contribution in [1.29, 1.82) is 0 Å². The van der Waals surface area contributed by atoms with E-state index in [1.165, 1.54) is 12.4 Å². The Morgan fingerprint density at radius 2 is 2.10 bits per heavy atom. The van der Waals surface area contributed by atoms with Crippen molar-refractivity contribution in [2.45, 2.75) is 25.7 Å². The largest absolute Gasteiger partial charge is 0.381 e. The number of H-pyrrole nitrogens is 1. The van der Waals surface area contributed by atoms with Gasteiger partial charge < -0.3 is 14.6 Å². The summed E-state index contributed by atoms with van der Waals surface area (Å²) in [4.78, 5) is 31.9. The van der Waals surface area contributed by atoms with Crippen LogP contribution >= 0.6 is 0 Å². The molecule has 2 saturated heterocycles. The average molecular weight is 277 g/mol. The van der Waals surface area contributed by atoms with Crippen LogP contribution in [-0.2, 0) is 4.74 Å². The summed E-state index contributed by atoms with van der Waals surface area (Å²) in [5.41, 5.74) is 0.143. The lowest BCUT2D eigenvalue weighted by Gasteiger charge is -2.45. The van der Waals surface area contributed by atoms with Gasteiger partial charge >= 0.3 is 0 Å². The Morgan fingerprint density at radius 1 is 1.30 bits per heavy atom. The van der Waals surface area contributed by atoms with E-state index in [2.05, 4.69) is 9.97 Å². The van der Waals surface area contributed by atoms with Crippen molar-refractivity contribution in [1.82, 2.24) is 14.9 Å². The summed E-state index contributed by atoms with van der Waals surface area (Å²) in [6.07, 6.45) is 6.79. The van der Waals surface area contributed by atoms with Crippen LogP contribution in [0, 0.1) is 5.41 Å². The molecule has 108 valence electrons. The molecule has 1 spiro atoms.